The number of carboxylic acid groups (broad SMARTS) is 3. The Bertz CT molecular complexity index is 2480. The summed E-state index contributed by atoms with van der Waals surface area (Å²) in [6.45, 7) is 20.3. The van der Waals surface area contributed by atoms with E-state index >= 15 is 0 Å². The Balaban J connectivity index is -0.000000901. The summed E-state index contributed by atoms with van der Waals surface area (Å²) in [6.07, 6.45) is -1.54. The molecule has 0 fully saturated rings. The molecule has 3 amide bonds. The van der Waals surface area contributed by atoms with Crippen LogP contribution >= 0.6 is 11.6 Å². The van der Waals surface area contributed by atoms with Crippen molar-refractivity contribution in [2.75, 3.05) is 6.61 Å². The number of hydrogen-bond donors (Lipinski definition) is 6. The van der Waals surface area contributed by atoms with Crippen LogP contribution < -0.4 is 16.0 Å². The number of benzene rings is 4. The van der Waals surface area contributed by atoms with E-state index in [1.807, 2.05) is 6.07 Å². The number of alkyl carbamates (subject to hydrolysis) is 3. The average Bonchev–Trinajstić information content (AvgIpc) is 3.30. The minimum Gasteiger partial charge on any atom is -0.481 e. The number of amides is 3. The van der Waals surface area contributed by atoms with Crippen molar-refractivity contribution in [1.29, 1.82) is 0 Å². The van der Waals surface area contributed by atoms with Crippen LogP contribution in [0.3, 0.4) is 0 Å². The monoisotopic (exact) mass is 1170 g/mol. The first kappa shape index (κ1) is 72.3. The van der Waals surface area contributed by atoms with Gasteiger partial charge in [0.15, 0.2) is 6.04 Å². The standard InChI is InChI=1S/C14H17N3O3.C14H19NO4.C13H17NO4.C7H6O2.C3H5ClO2.CH2N2.Ag/c1-14(2,3)20-13(19)17-12(11(18)9-16-15)10-7-5-4-6-8-10;1-14(2,3)19-13(18)15-11(9-12(16)17)10-7-5-4-6-8-10;1-13(2,3)18-12(17)14-10(11(15)16)9-7-5-4-6-8-9;8-7(9)6-4-2-1-3-5-6;1-2-6-3(4)5;1-3-2;/h4-9,12H,1-3H3,(H,17,19);4-8,11H,9H2,1-3H3,(H,15,18)(H,16,17);4-8,10H,1-3H3,(H,14,17)(H,15,16);1-5H,(H,8,9);2H2,1H3;1H2;/t12-;11-;10-;;;;/m010..../s1. The number of aliphatic carboxylic acids is 2. The van der Waals surface area contributed by atoms with Gasteiger partial charge in [-0.1, -0.05) is 109 Å². The predicted octanol–water partition coefficient (Wildman–Crippen LogP) is 9.87. The molecule has 417 valence electrons. The van der Waals surface area contributed by atoms with E-state index < -0.39 is 82.3 Å². The molecule has 0 heterocycles. The van der Waals surface area contributed by atoms with Gasteiger partial charge in [0.05, 0.1) is 24.6 Å². The number of Topliss-reactive ketones (excluding diaryl/α,β-unsaturated/α-hetero) is 1. The molecule has 0 saturated carbocycles. The van der Waals surface area contributed by atoms with Crippen molar-refractivity contribution < 1.29 is 105 Å². The van der Waals surface area contributed by atoms with Crippen molar-refractivity contribution in [3.05, 3.63) is 155 Å². The van der Waals surface area contributed by atoms with E-state index in [1.54, 1.807) is 184 Å². The van der Waals surface area contributed by atoms with Crippen LogP contribution in [0.2, 0.25) is 0 Å². The van der Waals surface area contributed by atoms with Gasteiger partial charge >= 0.3 is 47.8 Å². The number of halogens is 1. The zero-order chi connectivity index (χ0) is 57.8. The summed E-state index contributed by atoms with van der Waals surface area (Å²) in [6, 6.07) is 31.7. The molecule has 3 atom stereocenters. The summed E-state index contributed by atoms with van der Waals surface area (Å²) in [5.41, 5.74) is 15.0. The van der Waals surface area contributed by atoms with Crippen LogP contribution in [0.4, 0.5) is 19.2 Å². The van der Waals surface area contributed by atoms with Crippen LogP contribution in [0, 0.1) is 0 Å². The molecule has 0 spiro atoms. The van der Waals surface area contributed by atoms with Gasteiger partial charge in [-0.25, -0.2) is 28.8 Å². The minimum absolute atomic E-state index is 0. The molecule has 22 nitrogen and oxygen atoms in total. The maximum absolute atomic E-state index is 11.9. The number of carboxylic acids is 3. The molecular weight excluding hydrogens is 1110 g/mol. The van der Waals surface area contributed by atoms with E-state index in [4.69, 9.17) is 52.2 Å². The van der Waals surface area contributed by atoms with Gasteiger partial charge in [-0.15, -0.1) is 0 Å². The number of ketones is 1. The molecule has 0 bridgehead atoms. The van der Waals surface area contributed by atoms with Gasteiger partial charge < -0.3 is 61.3 Å². The maximum Gasteiger partial charge on any atom is 0.408 e. The van der Waals surface area contributed by atoms with Gasteiger partial charge in [0.2, 0.25) is 6.72 Å². The van der Waals surface area contributed by atoms with Gasteiger partial charge in [0.1, 0.15) is 22.8 Å². The summed E-state index contributed by atoms with van der Waals surface area (Å²) in [5, 5.41) is 33.8. The second-order valence-electron chi connectivity index (χ2n) is 17.7. The van der Waals surface area contributed by atoms with E-state index in [0.717, 1.165) is 11.8 Å². The number of nitrogens with zero attached hydrogens (tertiary/aromatic N) is 4. The van der Waals surface area contributed by atoms with Crippen molar-refractivity contribution in [2.24, 2.45) is 0 Å². The second-order valence-corrected chi connectivity index (χ2v) is 18.0. The molecule has 76 heavy (non-hydrogen) atoms. The van der Waals surface area contributed by atoms with Crippen molar-refractivity contribution in [2.45, 2.75) is 111 Å². The molecule has 4 rings (SSSR count). The third-order valence-corrected chi connectivity index (χ3v) is 7.96. The molecule has 1 radical (unpaired) electrons. The first-order valence-corrected chi connectivity index (χ1v) is 22.8. The smallest absolute Gasteiger partial charge is 0.408 e. The normalized spacial score (nSPS) is 11.0. The van der Waals surface area contributed by atoms with E-state index in [0.29, 0.717) is 23.3 Å². The van der Waals surface area contributed by atoms with E-state index in [9.17, 15) is 38.4 Å². The topological polar surface area (TPSA) is 343 Å². The second kappa shape index (κ2) is 38.6. The van der Waals surface area contributed by atoms with E-state index in [2.05, 4.69) is 37.0 Å². The van der Waals surface area contributed by atoms with Gasteiger partial charge in [-0.05, 0) is 98.1 Å². The van der Waals surface area contributed by atoms with Crippen molar-refractivity contribution >= 4 is 71.9 Å². The van der Waals surface area contributed by atoms with Gasteiger partial charge in [0, 0.05) is 34.0 Å². The molecule has 0 aliphatic carbocycles. The third kappa shape index (κ3) is 38.6. The number of rotatable bonds is 13. The van der Waals surface area contributed by atoms with Crippen LogP contribution in [-0.4, -0.2) is 109 Å². The predicted molar refractivity (Wildman–Crippen MR) is 277 cm³/mol. The summed E-state index contributed by atoms with van der Waals surface area (Å²) < 4.78 is 19.4. The molecule has 0 saturated heterocycles. The first-order valence-electron chi connectivity index (χ1n) is 22.4. The zero-order valence-electron chi connectivity index (χ0n) is 43.7. The summed E-state index contributed by atoms with van der Waals surface area (Å²) in [7, 11) is 0. The van der Waals surface area contributed by atoms with Crippen molar-refractivity contribution in [3.8, 4) is 0 Å². The van der Waals surface area contributed by atoms with Gasteiger partial charge in [-0.2, -0.15) is 9.58 Å². The van der Waals surface area contributed by atoms with Crippen LogP contribution in [0.15, 0.2) is 121 Å². The van der Waals surface area contributed by atoms with Crippen molar-refractivity contribution in [3.63, 3.8) is 0 Å². The van der Waals surface area contributed by atoms with Crippen LogP contribution in [0.5, 0.6) is 0 Å². The summed E-state index contributed by atoms with van der Waals surface area (Å²) in [5.74, 6) is -3.54. The minimum atomic E-state index is -1.13. The number of carbonyl (C=O) groups excluding carboxylic acids is 5. The number of nitrogens with one attached hydrogen (secondary N) is 3. The molecule has 0 aromatic heterocycles. The van der Waals surface area contributed by atoms with Crippen molar-refractivity contribution in [1.82, 2.24) is 16.0 Å². The molecule has 4 aromatic rings. The van der Waals surface area contributed by atoms with Crippen LogP contribution in [-0.2, 0) is 55.7 Å². The quantitative estimate of drug-likeness (QED) is 0.0181. The van der Waals surface area contributed by atoms with Gasteiger partial charge in [0.25, 0.3) is 5.78 Å². The Kier molecular flexibility index (Phi) is 36.7. The Hall–Kier alpha value is -7.97. The molecule has 6 N–H and O–H groups in total. The van der Waals surface area contributed by atoms with Crippen LogP contribution in [0.25, 0.3) is 11.1 Å². The molecule has 0 aliphatic rings. The Labute approximate surface area is 462 Å². The molecule has 0 unspecified atom stereocenters. The Morgan fingerprint density at radius 3 is 1.20 bits per heavy atom. The first-order chi connectivity index (χ1) is 34.9. The molecular formula is C52H66AgClN7O15. The number of hydrogen-bond acceptors (Lipinski definition) is 12. The van der Waals surface area contributed by atoms with Crippen LogP contribution in [0.1, 0.15) is 121 Å². The Morgan fingerprint density at radius 2 is 0.921 bits per heavy atom. The fraction of sp³-hybridized carbons (Fsp3) is 0.346. The number of aromatic carboxylic acids is 1. The van der Waals surface area contributed by atoms with E-state index in [-0.39, 0.29) is 28.8 Å². The largest absolute Gasteiger partial charge is 0.481 e. The molecule has 4 aromatic carbocycles. The average molecular weight is 1170 g/mol. The summed E-state index contributed by atoms with van der Waals surface area (Å²) >= 11 is 4.72. The SMILES string of the molecule is C=[N+]=[N-].CC(C)(C)OC(=O)N[C@H](C(=O)C=[N+]=[N-])c1ccccc1.CC(C)(C)OC(=O)N[C@H](C(=O)O)c1ccccc1.CC(C)(C)OC(=O)N[C@H](CC(=O)O)c1ccccc1.CCOC(=O)Cl.O=C(O)c1ccccc1.[Ag]. The number of ether oxygens (including phenoxy) is 4. The van der Waals surface area contributed by atoms with Gasteiger partial charge in [-0.3, -0.25) is 9.59 Å². The van der Waals surface area contributed by atoms with E-state index in [1.165, 1.54) is 0 Å². The fourth-order valence-corrected chi connectivity index (χ4v) is 5.24. The zero-order valence-corrected chi connectivity index (χ0v) is 45.9. The fourth-order valence-electron chi connectivity index (χ4n) is 5.14. The third-order valence-electron chi connectivity index (χ3n) is 7.85. The number of carbonyl (C=O) groups is 8. The molecule has 24 heteroatoms. The maximum atomic E-state index is 11.9. The Morgan fingerprint density at radius 1 is 0.592 bits per heavy atom. The molecule has 0 aliphatic heterocycles. The summed E-state index contributed by atoms with van der Waals surface area (Å²) in [4.78, 5) is 93.6.